The van der Waals surface area contributed by atoms with Crippen molar-refractivity contribution in [2.75, 3.05) is 0 Å². The van der Waals surface area contributed by atoms with Gasteiger partial charge in [-0.05, 0) is 23.8 Å². The normalized spacial score (nSPS) is 10.6. The molecule has 0 aromatic heterocycles. The van der Waals surface area contributed by atoms with E-state index in [9.17, 15) is 4.79 Å². The molecule has 2 heteroatoms. The number of benzene rings is 1. The molecule has 1 aromatic rings. The quantitative estimate of drug-likeness (QED) is 0.738. The van der Waals surface area contributed by atoms with Gasteiger partial charge in [0.15, 0.2) is 5.78 Å². The predicted molar refractivity (Wildman–Crippen MR) is 58.5 cm³/mol. The summed E-state index contributed by atoms with van der Waals surface area (Å²) >= 11 is 3.37. The lowest BCUT2D eigenvalue weighted by atomic mass is 10.2. The first-order valence-corrected chi connectivity index (χ1v) is 4.98. The number of carbonyl (C=O) groups is 1. The summed E-state index contributed by atoms with van der Waals surface area (Å²) in [6, 6.07) is 7.84. The molecule has 0 unspecified atom stereocenters. The lowest BCUT2D eigenvalue weighted by Gasteiger charge is -1.93. The molecule has 0 aliphatic rings. The predicted octanol–water partition coefficient (Wildman–Crippen LogP) is 3.44. The Morgan fingerprint density at radius 2 is 2.31 bits per heavy atom. The van der Waals surface area contributed by atoms with E-state index in [1.807, 2.05) is 37.3 Å². The maximum atomic E-state index is 11.0. The van der Waals surface area contributed by atoms with E-state index in [2.05, 4.69) is 15.9 Å². The molecule has 0 saturated heterocycles. The molecule has 68 valence electrons. The number of hydrogen-bond acceptors (Lipinski definition) is 1. The van der Waals surface area contributed by atoms with Crippen LogP contribution < -0.4 is 0 Å². The standard InChI is InChI=1S/C11H11BrO/c1-2-11(13)7-6-9-4-3-5-10(12)8-9/h3-8H,2H2,1H3/b7-6+. The van der Waals surface area contributed by atoms with E-state index in [1.54, 1.807) is 6.08 Å². The molecular formula is C11H11BrO. The summed E-state index contributed by atoms with van der Waals surface area (Å²) in [5.74, 6) is 0.153. The largest absolute Gasteiger partial charge is 0.295 e. The van der Waals surface area contributed by atoms with Gasteiger partial charge in [-0.25, -0.2) is 0 Å². The highest BCUT2D eigenvalue weighted by molar-refractivity contribution is 9.10. The van der Waals surface area contributed by atoms with E-state index in [4.69, 9.17) is 0 Å². The molecule has 0 radical (unpaired) electrons. The zero-order chi connectivity index (χ0) is 9.68. The minimum absolute atomic E-state index is 0.153. The van der Waals surface area contributed by atoms with Crippen molar-refractivity contribution in [1.29, 1.82) is 0 Å². The fraction of sp³-hybridized carbons (Fsp3) is 0.182. The molecule has 0 atom stereocenters. The lowest BCUT2D eigenvalue weighted by Crippen LogP contribution is -1.86. The Morgan fingerprint density at radius 1 is 1.54 bits per heavy atom. The maximum absolute atomic E-state index is 11.0. The topological polar surface area (TPSA) is 17.1 Å². The van der Waals surface area contributed by atoms with Crippen LogP contribution in [0.5, 0.6) is 0 Å². The van der Waals surface area contributed by atoms with Gasteiger partial charge in [-0.3, -0.25) is 4.79 Å². The molecule has 1 aromatic carbocycles. The highest BCUT2D eigenvalue weighted by Crippen LogP contribution is 2.12. The van der Waals surface area contributed by atoms with Gasteiger partial charge < -0.3 is 0 Å². The monoisotopic (exact) mass is 238 g/mol. The van der Waals surface area contributed by atoms with Crippen molar-refractivity contribution in [1.82, 2.24) is 0 Å². The second-order valence-corrected chi connectivity index (χ2v) is 3.62. The van der Waals surface area contributed by atoms with Crippen LogP contribution >= 0.6 is 15.9 Å². The summed E-state index contributed by atoms with van der Waals surface area (Å²) in [6.45, 7) is 1.85. The lowest BCUT2D eigenvalue weighted by molar-refractivity contribution is -0.114. The molecule has 0 aliphatic heterocycles. The van der Waals surface area contributed by atoms with E-state index in [-0.39, 0.29) is 5.78 Å². The van der Waals surface area contributed by atoms with Crippen LogP contribution in [0.1, 0.15) is 18.9 Å². The van der Waals surface area contributed by atoms with Gasteiger partial charge in [0.05, 0.1) is 0 Å². The van der Waals surface area contributed by atoms with Crippen LogP contribution in [0.15, 0.2) is 34.8 Å². The van der Waals surface area contributed by atoms with Crippen molar-refractivity contribution in [3.8, 4) is 0 Å². The molecular weight excluding hydrogens is 228 g/mol. The van der Waals surface area contributed by atoms with Gasteiger partial charge in [0.25, 0.3) is 0 Å². The SMILES string of the molecule is CCC(=O)/C=C/c1cccc(Br)c1. The summed E-state index contributed by atoms with van der Waals surface area (Å²) in [5.41, 5.74) is 1.04. The zero-order valence-electron chi connectivity index (χ0n) is 7.46. The van der Waals surface area contributed by atoms with Gasteiger partial charge in [-0.1, -0.05) is 41.1 Å². The van der Waals surface area contributed by atoms with Gasteiger partial charge in [0.1, 0.15) is 0 Å². The highest BCUT2D eigenvalue weighted by atomic mass is 79.9. The summed E-state index contributed by atoms with van der Waals surface area (Å²) in [5, 5.41) is 0. The number of allylic oxidation sites excluding steroid dienone is 1. The van der Waals surface area contributed by atoms with Crippen LogP contribution in [0.3, 0.4) is 0 Å². The molecule has 1 rings (SSSR count). The summed E-state index contributed by atoms with van der Waals surface area (Å²) in [4.78, 5) is 11.0. The third-order valence-electron chi connectivity index (χ3n) is 1.66. The van der Waals surface area contributed by atoms with Gasteiger partial charge >= 0.3 is 0 Å². The Morgan fingerprint density at radius 3 is 2.92 bits per heavy atom. The van der Waals surface area contributed by atoms with E-state index in [0.717, 1.165) is 10.0 Å². The van der Waals surface area contributed by atoms with Crippen LogP contribution in [-0.4, -0.2) is 5.78 Å². The number of carbonyl (C=O) groups excluding carboxylic acids is 1. The van der Waals surface area contributed by atoms with Crippen LogP contribution in [0.2, 0.25) is 0 Å². The van der Waals surface area contributed by atoms with Crippen molar-refractivity contribution >= 4 is 27.8 Å². The van der Waals surface area contributed by atoms with E-state index >= 15 is 0 Å². The smallest absolute Gasteiger partial charge is 0.155 e. The van der Waals surface area contributed by atoms with Crippen LogP contribution in [-0.2, 0) is 4.79 Å². The van der Waals surface area contributed by atoms with Crippen molar-refractivity contribution in [2.24, 2.45) is 0 Å². The molecule has 0 bridgehead atoms. The van der Waals surface area contributed by atoms with Crippen molar-refractivity contribution in [2.45, 2.75) is 13.3 Å². The summed E-state index contributed by atoms with van der Waals surface area (Å²) in [6.07, 6.45) is 4.00. The Bertz CT molecular complexity index is 329. The van der Waals surface area contributed by atoms with Gasteiger partial charge in [-0.15, -0.1) is 0 Å². The summed E-state index contributed by atoms with van der Waals surface area (Å²) in [7, 11) is 0. The number of rotatable bonds is 3. The third kappa shape index (κ3) is 3.55. The number of halogens is 1. The van der Waals surface area contributed by atoms with Crippen molar-refractivity contribution in [3.05, 3.63) is 40.4 Å². The van der Waals surface area contributed by atoms with Crippen LogP contribution in [0.4, 0.5) is 0 Å². The highest BCUT2D eigenvalue weighted by Gasteiger charge is 1.91. The minimum Gasteiger partial charge on any atom is -0.295 e. The molecule has 0 N–H and O–H groups in total. The summed E-state index contributed by atoms with van der Waals surface area (Å²) < 4.78 is 1.03. The van der Waals surface area contributed by atoms with Gasteiger partial charge in [0.2, 0.25) is 0 Å². The van der Waals surface area contributed by atoms with Crippen LogP contribution in [0.25, 0.3) is 6.08 Å². The van der Waals surface area contributed by atoms with Crippen molar-refractivity contribution in [3.63, 3.8) is 0 Å². The molecule has 0 aliphatic carbocycles. The fourth-order valence-electron chi connectivity index (χ4n) is 0.917. The Balaban J connectivity index is 2.74. The van der Waals surface area contributed by atoms with Crippen molar-refractivity contribution < 1.29 is 4.79 Å². The molecule has 1 nitrogen and oxygen atoms in total. The van der Waals surface area contributed by atoms with Gasteiger partial charge in [-0.2, -0.15) is 0 Å². The van der Waals surface area contributed by atoms with E-state index in [0.29, 0.717) is 6.42 Å². The van der Waals surface area contributed by atoms with Crippen LogP contribution in [0, 0.1) is 0 Å². The second kappa shape index (κ2) is 4.97. The molecule has 0 spiro atoms. The Labute approximate surface area is 86.6 Å². The Hall–Kier alpha value is -0.890. The van der Waals surface area contributed by atoms with E-state index < -0.39 is 0 Å². The zero-order valence-corrected chi connectivity index (χ0v) is 9.04. The number of ketones is 1. The first-order chi connectivity index (χ1) is 6.22. The maximum Gasteiger partial charge on any atom is 0.155 e. The molecule has 0 saturated carbocycles. The molecule has 13 heavy (non-hydrogen) atoms. The fourth-order valence-corrected chi connectivity index (χ4v) is 1.33. The third-order valence-corrected chi connectivity index (χ3v) is 2.15. The average molecular weight is 239 g/mol. The first kappa shape index (κ1) is 10.2. The molecule has 0 heterocycles. The molecule has 0 fully saturated rings. The Kier molecular flexibility index (Phi) is 3.90. The molecule has 0 amide bonds. The number of hydrogen-bond donors (Lipinski definition) is 0. The first-order valence-electron chi connectivity index (χ1n) is 4.19. The minimum atomic E-state index is 0.153. The van der Waals surface area contributed by atoms with Gasteiger partial charge in [0, 0.05) is 10.9 Å². The van der Waals surface area contributed by atoms with E-state index in [1.165, 1.54) is 0 Å². The average Bonchev–Trinajstić information content (AvgIpc) is 2.14. The second-order valence-electron chi connectivity index (χ2n) is 2.71.